The summed E-state index contributed by atoms with van der Waals surface area (Å²) >= 11 is 0. The monoisotopic (exact) mass is 444 g/mol. The van der Waals surface area contributed by atoms with Crippen molar-refractivity contribution < 1.29 is 27.5 Å². The van der Waals surface area contributed by atoms with E-state index >= 15 is 0 Å². The Morgan fingerprint density at radius 3 is 2.42 bits per heavy atom. The molecular formula is C22H24N2O6S. The molecule has 164 valence electrons. The topological polar surface area (TPSA) is 94.9 Å². The number of nitrogens with zero attached hydrogens (tertiary/aromatic N) is 2. The van der Waals surface area contributed by atoms with Crippen LogP contribution >= 0.6 is 0 Å². The fraction of sp³-hybridized carbons (Fsp3) is 0.273. The molecule has 0 radical (unpaired) electrons. The largest absolute Gasteiger partial charge is 0.497 e. The van der Waals surface area contributed by atoms with E-state index in [0.29, 0.717) is 22.3 Å². The minimum atomic E-state index is -3.82. The third-order valence-corrected chi connectivity index (χ3v) is 6.15. The van der Waals surface area contributed by atoms with Crippen LogP contribution in [0.3, 0.4) is 0 Å². The Labute approximate surface area is 181 Å². The Kier molecular flexibility index (Phi) is 6.35. The highest BCUT2D eigenvalue weighted by molar-refractivity contribution is 7.92. The van der Waals surface area contributed by atoms with Gasteiger partial charge in [-0.2, -0.15) is 0 Å². The lowest BCUT2D eigenvalue weighted by Crippen LogP contribution is -2.46. The number of benzene rings is 2. The zero-order valence-corrected chi connectivity index (χ0v) is 18.5. The minimum Gasteiger partial charge on any atom is -0.497 e. The highest BCUT2D eigenvalue weighted by Crippen LogP contribution is 2.29. The Hall–Kier alpha value is -3.33. The molecule has 0 saturated carbocycles. The molecule has 8 nitrogen and oxygen atoms in total. The molecule has 1 atom stereocenters. The molecule has 0 bridgehead atoms. The molecule has 0 aliphatic rings. The molecule has 0 unspecified atom stereocenters. The van der Waals surface area contributed by atoms with Crippen LogP contribution in [0.2, 0.25) is 0 Å². The van der Waals surface area contributed by atoms with E-state index in [0.717, 1.165) is 10.6 Å². The molecule has 0 saturated heterocycles. The number of methoxy groups -OCH3 is 2. The molecule has 0 spiro atoms. The van der Waals surface area contributed by atoms with Crippen molar-refractivity contribution in [2.75, 3.05) is 24.8 Å². The summed E-state index contributed by atoms with van der Waals surface area (Å²) in [6, 6.07) is 12.4. The summed E-state index contributed by atoms with van der Waals surface area (Å²) in [6.07, 6.45) is 2.66. The van der Waals surface area contributed by atoms with E-state index in [2.05, 4.69) is 0 Å². The van der Waals surface area contributed by atoms with Gasteiger partial charge in [-0.3, -0.25) is 13.7 Å². The number of carbonyl (C=O) groups excluding carboxylic acids is 2. The molecule has 0 aliphatic heterocycles. The maximum absolute atomic E-state index is 13.6. The Morgan fingerprint density at radius 1 is 1.10 bits per heavy atom. The normalized spacial score (nSPS) is 12.4. The zero-order chi connectivity index (χ0) is 22.8. The van der Waals surface area contributed by atoms with E-state index in [9.17, 15) is 18.0 Å². The molecule has 9 heteroatoms. The first kappa shape index (κ1) is 22.4. The van der Waals surface area contributed by atoms with Gasteiger partial charge in [0.2, 0.25) is 10.0 Å². The van der Waals surface area contributed by atoms with Gasteiger partial charge in [0.05, 0.1) is 37.2 Å². The van der Waals surface area contributed by atoms with Gasteiger partial charge < -0.3 is 9.47 Å². The van der Waals surface area contributed by atoms with Crippen molar-refractivity contribution >= 4 is 38.5 Å². The number of hydrogen-bond acceptors (Lipinski definition) is 6. The van der Waals surface area contributed by atoms with Gasteiger partial charge in [0.15, 0.2) is 0 Å². The van der Waals surface area contributed by atoms with Crippen molar-refractivity contribution in [2.45, 2.75) is 19.4 Å². The second-order valence-electron chi connectivity index (χ2n) is 6.94. The van der Waals surface area contributed by atoms with Gasteiger partial charge in [-0.25, -0.2) is 13.2 Å². The lowest BCUT2D eigenvalue weighted by atomic mass is 10.1. The quantitative estimate of drug-likeness (QED) is 0.519. The van der Waals surface area contributed by atoms with Crippen LogP contribution in [0.4, 0.5) is 5.69 Å². The van der Waals surface area contributed by atoms with E-state index in [1.165, 1.54) is 25.0 Å². The number of anilines is 1. The third kappa shape index (κ3) is 4.27. The van der Waals surface area contributed by atoms with Crippen LogP contribution in [0.25, 0.3) is 10.9 Å². The minimum absolute atomic E-state index is 0.211. The average molecular weight is 445 g/mol. The number of fused-ring (bicyclic) bond motifs is 1. The molecular weight excluding hydrogens is 420 g/mol. The number of rotatable bonds is 7. The Balaban J connectivity index is 2.16. The summed E-state index contributed by atoms with van der Waals surface area (Å²) < 4.78 is 37.9. The van der Waals surface area contributed by atoms with E-state index in [1.54, 1.807) is 55.5 Å². The van der Waals surface area contributed by atoms with Crippen LogP contribution in [-0.4, -0.2) is 51.4 Å². The number of para-hydroxylation sites is 1. The molecule has 1 heterocycles. The van der Waals surface area contributed by atoms with Crippen LogP contribution in [0.1, 0.15) is 28.5 Å². The first-order valence-electron chi connectivity index (χ1n) is 9.59. The van der Waals surface area contributed by atoms with Crippen LogP contribution in [0.15, 0.2) is 54.7 Å². The molecule has 31 heavy (non-hydrogen) atoms. The van der Waals surface area contributed by atoms with E-state index in [4.69, 9.17) is 9.47 Å². The molecule has 1 aromatic heterocycles. The van der Waals surface area contributed by atoms with Crippen LogP contribution < -0.4 is 9.04 Å². The van der Waals surface area contributed by atoms with Gasteiger partial charge in [-0.15, -0.1) is 0 Å². The lowest BCUT2D eigenvalue weighted by Gasteiger charge is -2.30. The van der Waals surface area contributed by atoms with Crippen LogP contribution in [0, 0.1) is 0 Å². The van der Waals surface area contributed by atoms with Crippen molar-refractivity contribution in [1.82, 2.24) is 4.57 Å². The number of aromatic nitrogens is 1. The van der Waals surface area contributed by atoms with Gasteiger partial charge in [-0.05, 0) is 24.6 Å². The average Bonchev–Trinajstić information content (AvgIpc) is 3.15. The van der Waals surface area contributed by atoms with Crippen molar-refractivity contribution in [1.29, 1.82) is 0 Å². The summed E-state index contributed by atoms with van der Waals surface area (Å²) in [5, 5.41) is 0.546. The first-order chi connectivity index (χ1) is 14.7. The maximum Gasteiger partial charge on any atom is 0.340 e. The Bertz CT molecular complexity index is 1230. The molecule has 0 amide bonds. The third-order valence-electron chi connectivity index (χ3n) is 4.97. The van der Waals surface area contributed by atoms with Crippen molar-refractivity contribution in [3.63, 3.8) is 0 Å². The van der Waals surface area contributed by atoms with Crippen molar-refractivity contribution in [3.05, 3.63) is 60.3 Å². The zero-order valence-electron chi connectivity index (χ0n) is 17.7. The standard InChI is InChI=1S/C22H24N2O6S/c1-5-19(24(31(4,27)28)15-9-8-10-16(13-15)29-2)21(25)23-14-18(22(26)30-3)17-11-6-7-12-20(17)23/h6-14,19H,5H2,1-4H3/t19-/m1/s1. The fourth-order valence-electron chi connectivity index (χ4n) is 3.59. The lowest BCUT2D eigenvalue weighted by molar-refractivity contribution is 0.0603. The summed E-state index contributed by atoms with van der Waals surface area (Å²) in [4.78, 5) is 25.8. The van der Waals surface area contributed by atoms with Gasteiger partial charge in [0.1, 0.15) is 11.8 Å². The van der Waals surface area contributed by atoms with Gasteiger partial charge in [0, 0.05) is 17.6 Å². The summed E-state index contributed by atoms with van der Waals surface area (Å²) in [6.45, 7) is 1.73. The smallest absolute Gasteiger partial charge is 0.340 e. The first-order valence-corrected chi connectivity index (χ1v) is 11.4. The maximum atomic E-state index is 13.6. The van der Waals surface area contributed by atoms with Crippen molar-refractivity contribution in [3.8, 4) is 5.75 Å². The van der Waals surface area contributed by atoms with E-state index < -0.39 is 27.9 Å². The predicted octanol–water partition coefficient (Wildman–Crippen LogP) is 3.32. The molecule has 0 N–H and O–H groups in total. The van der Waals surface area contributed by atoms with Gasteiger partial charge >= 0.3 is 5.97 Å². The van der Waals surface area contributed by atoms with Crippen LogP contribution in [0.5, 0.6) is 5.75 Å². The summed E-state index contributed by atoms with van der Waals surface area (Å²) in [5.74, 6) is -0.599. The number of esters is 1. The van der Waals surface area contributed by atoms with Crippen molar-refractivity contribution in [2.24, 2.45) is 0 Å². The van der Waals surface area contributed by atoms with Gasteiger partial charge in [0.25, 0.3) is 5.91 Å². The molecule has 3 rings (SSSR count). The second-order valence-corrected chi connectivity index (χ2v) is 8.80. The predicted molar refractivity (Wildman–Crippen MR) is 118 cm³/mol. The van der Waals surface area contributed by atoms with Crippen LogP contribution in [-0.2, 0) is 14.8 Å². The summed E-state index contributed by atoms with van der Waals surface area (Å²) in [7, 11) is -1.08. The van der Waals surface area contributed by atoms with Gasteiger partial charge in [-0.1, -0.05) is 31.2 Å². The fourth-order valence-corrected chi connectivity index (χ4v) is 4.78. The SMILES string of the molecule is CC[C@H](C(=O)n1cc(C(=O)OC)c2ccccc21)N(c1cccc(OC)c1)S(C)(=O)=O. The number of sulfonamides is 1. The number of ether oxygens (including phenoxy) is 2. The summed E-state index contributed by atoms with van der Waals surface area (Å²) in [5.41, 5.74) is 1.03. The number of hydrogen-bond donors (Lipinski definition) is 0. The molecule has 2 aromatic carbocycles. The Morgan fingerprint density at radius 2 is 1.81 bits per heavy atom. The second kappa shape index (κ2) is 8.81. The highest BCUT2D eigenvalue weighted by atomic mass is 32.2. The molecule has 0 aliphatic carbocycles. The molecule has 3 aromatic rings. The number of carbonyl (C=O) groups is 2. The molecule has 0 fully saturated rings. The van der Waals surface area contributed by atoms with E-state index in [1.807, 2.05) is 0 Å². The highest BCUT2D eigenvalue weighted by Gasteiger charge is 2.33. The van der Waals surface area contributed by atoms with E-state index in [-0.39, 0.29) is 12.0 Å².